The maximum absolute atomic E-state index is 9.17. The van der Waals surface area contributed by atoms with Gasteiger partial charge >= 0.3 is 0 Å². The van der Waals surface area contributed by atoms with Crippen LogP contribution >= 0.6 is 0 Å². The van der Waals surface area contributed by atoms with E-state index >= 15 is 0 Å². The first-order valence-corrected chi connectivity index (χ1v) is 7.28. The molecule has 21 heavy (non-hydrogen) atoms. The Bertz CT molecular complexity index is 547. The second-order valence-corrected chi connectivity index (χ2v) is 5.48. The van der Waals surface area contributed by atoms with E-state index in [1.165, 1.54) is 0 Å². The van der Waals surface area contributed by atoms with Crippen LogP contribution in [0.25, 0.3) is 11.5 Å². The highest BCUT2D eigenvalue weighted by Crippen LogP contribution is 2.19. The first-order chi connectivity index (χ1) is 10.1. The van der Waals surface area contributed by atoms with E-state index in [-0.39, 0.29) is 12.6 Å². The van der Waals surface area contributed by atoms with Crippen molar-refractivity contribution in [2.75, 3.05) is 11.9 Å². The highest BCUT2D eigenvalue weighted by molar-refractivity contribution is 5.54. The van der Waals surface area contributed by atoms with E-state index in [1.54, 1.807) is 6.20 Å². The van der Waals surface area contributed by atoms with Gasteiger partial charge in [0.1, 0.15) is 5.82 Å². The molecule has 2 aromatic heterocycles. The molecule has 0 bridgehead atoms. The molecule has 0 amide bonds. The molecule has 0 fully saturated rings. The fourth-order valence-corrected chi connectivity index (χ4v) is 1.91. The van der Waals surface area contributed by atoms with Crippen LogP contribution in [-0.4, -0.2) is 32.9 Å². The Morgan fingerprint density at radius 2 is 2.14 bits per heavy atom. The number of anilines is 1. The summed E-state index contributed by atoms with van der Waals surface area (Å²) in [6, 6.07) is 3.75. The predicted octanol–water partition coefficient (Wildman–Crippen LogP) is 2.51. The van der Waals surface area contributed by atoms with E-state index < -0.39 is 0 Å². The molecule has 0 aliphatic rings. The third kappa shape index (κ3) is 4.26. The van der Waals surface area contributed by atoms with Crippen molar-refractivity contribution in [2.24, 2.45) is 5.92 Å². The van der Waals surface area contributed by atoms with Crippen LogP contribution in [0.2, 0.25) is 0 Å². The molecular formula is C15H22N4O2. The van der Waals surface area contributed by atoms with Crippen molar-refractivity contribution in [1.29, 1.82) is 0 Å². The molecule has 0 aromatic carbocycles. The van der Waals surface area contributed by atoms with Gasteiger partial charge in [0.25, 0.3) is 5.89 Å². The minimum atomic E-state index is 0.0180. The summed E-state index contributed by atoms with van der Waals surface area (Å²) >= 11 is 0. The van der Waals surface area contributed by atoms with Crippen molar-refractivity contribution >= 4 is 5.82 Å². The maximum Gasteiger partial charge on any atom is 0.259 e. The van der Waals surface area contributed by atoms with Crippen molar-refractivity contribution in [3.05, 3.63) is 24.2 Å². The highest BCUT2D eigenvalue weighted by Gasteiger charge is 2.11. The standard InChI is InChI=1S/C15H22N4O2/c1-4-12(9-20)17-13-6-5-11(8-16-13)15-18-14(19-21-15)7-10(2)3/h5-6,8,10,12,20H,4,7,9H2,1-3H3,(H,16,17)/t12-/m0/s1. The second kappa shape index (κ2) is 7.17. The van der Waals surface area contributed by atoms with Crippen LogP contribution in [0.5, 0.6) is 0 Å². The number of nitrogens with zero attached hydrogens (tertiary/aromatic N) is 3. The van der Waals surface area contributed by atoms with E-state index in [0.717, 1.165) is 24.2 Å². The van der Waals surface area contributed by atoms with Crippen LogP contribution < -0.4 is 5.32 Å². The zero-order valence-corrected chi connectivity index (χ0v) is 12.7. The molecule has 0 unspecified atom stereocenters. The molecule has 2 N–H and O–H groups in total. The summed E-state index contributed by atoms with van der Waals surface area (Å²) in [5.74, 6) is 2.42. The van der Waals surface area contributed by atoms with Gasteiger partial charge in [0.15, 0.2) is 5.82 Å². The summed E-state index contributed by atoms with van der Waals surface area (Å²) < 4.78 is 5.25. The van der Waals surface area contributed by atoms with Crippen molar-refractivity contribution in [3.63, 3.8) is 0 Å². The molecule has 2 heterocycles. The highest BCUT2D eigenvalue weighted by atomic mass is 16.5. The third-order valence-corrected chi connectivity index (χ3v) is 3.13. The Morgan fingerprint density at radius 3 is 2.71 bits per heavy atom. The molecule has 2 aromatic rings. The molecule has 0 spiro atoms. The molecular weight excluding hydrogens is 268 g/mol. The van der Waals surface area contributed by atoms with Gasteiger partial charge in [-0.2, -0.15) is 4.98 Å². The van der Waals surface area contributed by atoms with E-state index in [0.29, 0.717) is 17.6 Å². The number of nitrogens with one attached hydrogen (secondary N) is 1. The van der Waals surface area contributed by atoms with Crippen LogP contribution in [0.1, 0.15) is 33.0 Å². The summed E-state index contributed by atoms with van der Waals surface area (Å²) in [4.78, 5) is 8.68. The molecule has 114 valence electrons. The van der Waals surface area contributed by atoms with Crippen LogP contribution in [-0.2, 0) is 6.42 Å². The molecule has 0 aliphatic carbocycles. The minimum absolute atomic E-state index is 0.0180. The lowest BCUT2D eigenvalue weighted by molar-refractivity contribution is 0.271. The van der Waals surface area contributed by atoms with Crippen LogP contribution in [0.15, 0.2) is 22.9 Å². The van der Waals surface area contributed by atoms with Crippen LogP contribution in [0, 0.1) is 5.92 Å². The topological polar surface area (TPSA) is 84.1 Å². The molecule has 0 saturated carbocycles. The van der Waals surface area contributed by atoms with Gasteiger partial charge in [0.05, 0.1) is 18.2 Å². The SMILES string of the molecule is CC[C@@H](CO)Nc1ccc(-c2nc(CC(C)C)no2)cn1. The van der Waals surface area contributed by atoms with E-state index in [9.17, 15) is 5.11 Å². The smallest absolute Gasteiger partial charge is 0.259 e. The average Bonchev–Trinajstić information content (AvgIpc) is 2.93. The monoisotopic (exact) mass is 290 g/mol. The fourth-order valence-electron chi connectivity index (χ4n) is 1.91. The molecule has 6 nitrogen and oxygen atoms in total. The Morgan fingerprint density at radius 1 is 1.33 bits per heavy atom. The number of hydrogen-bond acceptors (Lipinski definition) is 6. The lowest BCUT2D eigenvalue weighted by atomic mass is 10.1. The zero-order chi connectivity index (χ0) is 15.2. The van der Waals surface area contributed by atoms with Gasteiger partial charge in [-0.15, -0.1) is 0 Å². The molecule has 0 radical (unpaired) electrons. The zero-order valence-electron chi connectivity index (χ0n) is 12.7. The minimum Gasteiger partial charge on any atom is -0.394 e. The van der Waals surface area contributed by atoms with E-state index in [2.05, 4.69) is 34.3 Å². The summed E-state index contributed by atoms with van der Waals surface area (Å²) in [5, 5.41) is 16.3. The fraction of sp³-hybridized carbons (Fsp3) is 0.533. The molecule has 2 rings (SSSR count). The average molecular weight is 290 g/mol. The largest absolute Gasteiger partial charge is 0.394 e. The lowest BCUT2D eigenvalue weighted by Gasteiger charge is -2.14. The second-order valence-electron chi connectivity index (χ2n) is 5.48. The molecule has 6 heteroatoms. The van der Waals surface area contributed by atoms with Gasteiger partial charge in [-0.05, 0) is 24.5 Å². The quantitative estimate of drug-likeness (QED) is 0.815. The molecule has 0 saturated heterocycles. The Kier molecular flexibility index (Phi) is 5.27. The Hall–Kier alpha value is -1.95. The maximum atomic E-state index is 9.17. The van der Waals surface area contributed by atoms with Gasteiger partial charge in [-0.3, -0.25) is 0 Å². The van der Waals surface area contributed by atoms with Gasteiger partial charge in [-0.1, -0.05) is 25.9 Å². The number of aliphatic hydroxyl groups is 1. The van der Waals surface area contributed by atoms with E-state index in [1.807, 2.05) is 19.1 Å². The summed E-state index contributed by atoms with van der Waals surface area (Å²) in [6.45, 7) is 6.33. The van der Waals surface area contributed by atoms with Gasteiger partial charge in [-0.25, -0.2) is 4.98 Å². The van der Waals surface area contributed by atoms with Crippen molar-refractivity contribution in [1.82, 2.24) is 15.1 Å². The first kappa shape index (κ1) is 15.4. The number of aromatic nitrogens is 3. The van der Waals surface area contributed by atoms with Crippen molar-refractivity contribution in [3.8, 4) is 11.5 Å². The Balaban J connectivity index is 2.06. The normalized spacial score (nSPS) is 12.6. The van der Waals surface area contributed by atoms with Gasteiger partial charge in [0.2, 0.25) is 0 Å². The summed E-state index contributed by atoms with van der Waals surface area (Å²) in [7, 11) is 0. The van der Waals surface area contributed by atoms with E-state index in [4.69, 9.17) is 4.52 Å². The lowest BCUT2D eigenvalue weighted by Crippen LogP contribution is -2.23. The number of pyridine rings is 1. The number of rotatable bonds is 7. The van der Waals surface area contributed by atoms with Gasteiger partial charge < -0.3 is 14.9 Å². The Labute approximate surface area is 124 Å². The van der Waals surface area contributed by atoms with Crippen molar-refractivity contribution < 1.29 is 9.63 Å². The molecule has 1 atom stereocenters. The first-order valence-electron chi connectivity index (χ1n) is 7.28. The predicted molar refractivity (Wildman–Crippen MR) is 80.9 cm³/mol. The van der Waals surface area contributed by atoms with Crippen LogP contribution in [0.4, 0.5) is 5.82 Å². The summed E-state index contributed by atoms with van der Waals surface area (Å²) in [6.07, 6.45) is 3.33. The summed E-state index contributed by atoms with van der Waals surface area (Å²) in [5.41, 5.74) is 0.792. The van der Waals surface area contributed by atoms with Crippen molar-refractivity contribution in [2.45, 2.75) is 39.7 Å². The number of aliphatic hydroxyl groups excluding tert-OH is 1. The molecule has 0 aliphatic heterocycles. The number of hydrogen-bond donors (Lipinski definition) is 2. The van der Waals surface area contributed by atoms with Crippen LogP contribution in [0.3, 0.4) is 0 Å². The van der Waals surface area contributed by atoms with Gasteiger partial charge in [0, 0.05) is 12.6 Å². The third-order valence-electron chi connectivity index (χ3n) is 3.13.